The van der Waals surface area contributed by atoms with Gasteiger partial charge in [0.2, 0.25) is 0 Å². The summed E-state index contributed by atoms with van der Waals surface area (Å²) in [6, 6.07) is 3.12. The van der Waals surface area contributed by atoms with Crippen LogP contribution >= 0.6 is 0 Å². The zero-order chi connectivity index (χ0) is 15.6. The van der Waals surface area contributed by atoms with Crippen molar-refractivity contribution >= 4 is 11.0 Å². The van der Waals surface area contributed by atoms with Crippen molar-refractivity contribution in [2.24, 2.45) is 0 Å². The number of hydrogen-bond donors (Lipinski definition) is 2. The molecule has 3 nitrogen and oxygen atoms in total. The molecule has 7 heteroatoms. The standard InChI is InChI=1S/C13H18F3NO2S/c1-12(2,3)20(19)17-11(13(15,16)8-18)9-6-4-5-7-10(9)14/h4-7,11,17-18H,8H2,1-3H3. The highest BCUT2D eigenvalue weighted by Crippen LogP contribution is 2.33. The second kappa shape index (κ2) is 6.24. The van der Waals surface area contributed by atoms with Gasteiger partial charge in [-0.3, -0.25) is 0 Å². The number of benzene rings is 1. The molecule has 20 heavy (non-hydrogen) atoms. The van der Waals surface area contributed by atoms with Crippen molar-refractivity contribution in [3.63, 3.8) is 0 Å². The predicted molar refractivity (Wildman–Crippen MR) is 72.2 cm³/mol. The van der Waals surface area contributed by atoms with E-state index in [9.17, 15) is 17.4 Å². The molecular formula is C13H18F3NO2S. The maximum atomic E-state index is 13.8. The van der Waals surface area contributed by atoms with E-state index in [-0.39, 0.29) is 5.56 Å². The van der Waals surface area contributed by atoms with Gasteiger partial charge in [0.25, 0.3) is 5.92 Å². The highest BCUT2D eigenvalue weighted by molar-refractivity contribution is 7.84. The Morgan fingerprint density at radius 3 is 2.30 bits per heavy atom. The van der Waals surface area contributed by atoms with E-state index in [4.69, 9.17) is 5.11 Å². The molecule has 0 amide bonds. The fraction of sp³-hybridized carbons (Fsp3) is 0.538. The van der Waals surface area contributed by atoms with Crippen LogP contribution in [0.25, 0.3) is 0 Å². The van der Waals surface area contributed by atoms with Gasteiger partial charge in [0, 0.05) is 5.56 Å². The number of hydrogen-bond acceptors (Lipinski definition) is 2. The average molecular weight is 309 g/mol. The summed E-state index contributed by atoms with van der Waals surface area (Å²) in [4.78, 5) is 0. The Labute approximate surface area is 118 Å². The Morgan fingerprint density at radius 2 is 1.85 bits per heavy atom. The summed E-state index contributed by atoms with van der Waals surface area (Å²) < 4.78 is 54.8. The Hall–Kier alpha value is -0.920. The van der Waals surface area contributed by atoms with E-state index >= 15 is 0 Å². The summed E-state index contributed by atoms with van der Waals surface area (Å²) in [6.07, 6.45) is 0. The molecule has 1 rings (SSSR count). The number of halogens is 3. The molecule has 0 aliphatic rings. The first-order chi connectivity index (χ1) is 9.09. The summed E-state index contributed by atoms with van der Waals surface area (Å²) in [5.74, 6) is -4.48. The lowest BCUT2D eigenvalue weighted by Crippen LogP contribution is -2.45. The van der Waals surface area contributed by atoms with Crippen LogP contribution in [0.5, 0.6) is 0 Å². The van der Waals surface area contributed by atoms with Crippen LogP contribution < -0.4 is 4.72 Å². The smallest absolute Gasteiger partial charge is 0.290 e. The fourth-order valence-electron chi connectivity index (χ4n) is 1.46. The molecule has 0 spiro atoms. The number of nitrogens with one attached hydrogen (secondary N) is 1. The maximum absolute atomic E-state index is 13.8. The van der Waals surface area contributed by atoms with Crippen LogP contribution in [0.4, 0.5) is 13.2 Å². The molecule has 1 aromatic rings. The van der Waals surface area contributed by atoms with Gasteiger partial charge in [-0.15, -0.1) is 0 Å². The van der Waals surface area contributed by atoms with Gasteiger partial charge in [0.05, 0.1) is 15.7 Å². The lowest BCUT2D eigenvalue weighted by Gasteiger charge is -2.29. The highest BCUT2D eigenvalue weighted by Gasteiger charge is 2.43. The summed E-state index contributed by atoms with van der Waals surface area (Å²) in [5, 5.41) is 8.82. The van der Waals surface area contributed by atoms with Crippen molar-refractivity contribution in [2.75, 3.05) is 6.61 Å². The second-order valence-corrected chi connectivity index (χ2v) is 7.37. The molecule has 0 saturated carbocycles. The topological polar surface area (TPSA) is 49.3 Å². The van der Waals surface area contributed by atoms with Crippen LogP contribution in [0.2, 0.25) is 0 Å². The normalized spacial score (nSPS) is 15.9. The van der Waals surface area contributed by atoms with E-state index in [0.29, 0.717) is 0 Å². The molecule has 0 radical (unpaired) electrons. The third-order valence-corrected chi connectivity index (χ3v) is 4.19. The lowest BCUT2D eigenvalue weighted by atomic mass is 10.0. The second-order valence-electron chi connectivity index (χ2n) is 5.37. The van der Waals surface area contributed by atoms with Gasteiger partial charge in [0.1, 0.15) is 18.5 Å². The zero-order valence-electron chi connectivity index (χ0n) is 11.5. The van der Waals surface area contributed by atoms with E-state index in [2.05, 4.69) is 4.72 Å². The Balaban J connectivity index is 3.18. The first-order valence-corrected chi connectivity index (χ1v) is 7.15. The highest BCUT2D eigenvalue weighted by atomic mass is 32.2. The van der Waals surface area contributed by atoms with Gasteiger partial charge < -0.3 is 5.11 Å². The number of rotatable bonds is 5. The van der Waals surface area contributed by atoms with E-state index in [0.717, 1.165) is 6.07 Å². The van der Waals surface area contributed by atoms with Gasteiger partial charge in [-0.05, 0) is 26.8 Å². The van der Waals surface area contributed by atoms with Crippen molar-refractivity contribution in [2.45, 2.75) is 37.5 Å². The SMILES string of the molecule is CC(C)(C)S(=O)NC(c1ccccc1F)C(F)(F)CO. The van der Waals surface area contributed by atoms with Crippen LogP contribution in [0.1, 0.15) is 32.4 Å². The van der Waals surface area contributed by atoms with E-state index in [1.807, 2.05) is 0 Å². The minimum absolute atomic E-state index is 0.329. The van der Waals surface area contributed by atoms with E-state index in [1.165, 1.54) is 18.2 Å². The molecule has 0 bridgehead atoms. The third kappa shape index (κ3) is 4.04. The third-order valence-electron chi connectivity index (χ3n) is 2.63. The molecule has 0 aliphatic heterocycles. The molecule has 2 N–H and O–H groups in total. The van der Waals surface area contributed by atoms with Gasteiger partial charge in [-0.1, -0.05) is 18.2 Å². The molecule has 1 aromatic carbocycles. The minimum atomic E-state index is -3.64. The summed E-state index contributed by atoms with van der Waals surface area (Å²) in [7, 11) is -1.83. The molecule has 0 aliphatic carbocycles. The first kappa shape index (κ1) is 17.1. The number of alkyl halides is 2. The Bertz CT molecular complexity index is 489. The van der Waals surface area contributed by atoms with Gasteiger partial charge >= 0.3 is 0 Å². The van der Waals surface area contributed by atoms with E-state index < -0.39 is 40.1 Å². The minimum Gasteiger partial charge on any atom is -0.390 e. The van der Waals surface area contributed by atoms with Crippen LogP contribution in [0.15, 0.2) is 24.3 Å². The maximum Gasteiger partial charge on any atom is 0.290 e. The van der Waals surface area contributed by atoms with Crippen molar-refractivity contribution in [3.8, 4) is 0 Å². The van der Waals surface area contributed by atoms with Crippen molar-refractivity contribution < 1.29 is 22.5 Å². The largest absolute Gasteiger partial charge is 0.390 e. The first-order valence-electron chi connectivity index (χ1n) is 6.01. The molecular weight excluding hydrogens is 291 g/mol. The van der Waals surface area contributed by atoms with Gasteiger partial charge in [-0.2, -0.15) is 0 Å². The monoisotopic (exact) mass is 309 g/mol. The van der Waals surface area contributed by atoms with Crippen LogP contribution in [-0.4, -0.2) is 26.6 Å². The Morgan fingerprint density at radius 1 is 1.30 bits per heavy atom. The molecule has 2 unspecified atom stereocenters. The summed E-state index contributed by atoms with van der Waals surface area (Å²) in [5.41, 5.74) is -0.329. The van der Waals surface area contributed by atoms with E-state index in [1.54, 1.807) is 20.8 Å². The van der Waals surface area contributed by atoms with Crippen LogP contribution in [0.3, 0.4) is 0 Å². The van der Waals surface area contributed by atoms with Crippen molar-refractivity contribution in [3.05, 3.63) is 35.6 Å². The fourth-order valence-corrected chi connectivity index (χ4v) is 2.33. The van der Waals surface area contributed by atoms with Crippen molar-refractivity contribution in [1.29, 1.82) is 0 Å². The molecule has 0 fully saturated rings. The molecule has 2 atom stereocenters. The molecule has 0 heterocycles. The van der Waals surface area contributed by atoms with Gasteiger partial charge in [0.15, 0.2) is 0 Å². The quantitative estimate of drug-likeness (QED) is 0.878. The zero-order valence-corrected chi connectivity index (χ0v) is 12.3. The van der Waals surface area contributed by atoms with Crippen molar-refractivity contribution in [1.82, 2.24) is 4.72 Å². The number of aliphatic hydroxyl groups is 1. The predicted octanol–water partition coefficient (Wildman–Crippen LogP) is 2.55. The molecule has 114 valence electrons. The van der Waals surface area contributed by atoms with Crippen LogP contribution in [-0.2, 0) is 11.0 Å². The number of aliphatic hydroxyl groups excluding tert-OH is 1. The Kier molecular flexibility index (Phi) is 5.34. The van der Waals surface area contributed by atoms with Crippen LogP contribution in [0, 0.1) is 5.82 Å². The molecule has 0 aromatic heterocycles. The summed E-state index contributed by atoms with van der Waals surface area (Å²) >= 11 is 0. The lowest BCUT2D eigenvalue weighted by molar-refractivity contribution is -0.0759. The summed E-state index contributed by atoms with van der Waals surface area (Å²) in [6.45, 7) is 3.34. The van der Waals surface area contributed by atoms with Gasteiger partial charge in [-0.25, -0.2) is 22.1 Å². The average Bonchev–Trinajstić information content (AvgIpc) is 2.35. The molecule has 0 saturated heterocycles.